The van der Waals surface area contributed by atoms with Gasteiger partial charge in [-0.1, -0.05) is 6.42 Å². The Morgan fingerprint density at radius 2 is 2.21 bits per heavy atom. The Labute approximate surface area is 119 Å². The summed E-state index contributed by atoms with van der Waals surface area (Å²) in [6.07, 6.45) is 7.32. The van der Waals surface area contributed by atoms with Gasteiger partial charge in [-0.25, -0.2) is 9.78 Å². The van der Waals surface area contributed by atoms with Gasteiger partial charge in [-0.3, -0.25) is 0 Å². The summed E-state index contributed by atoms with van der Waals surface area (Å²) in [4.78, 5) is 15.6. The van der Waals surface area contributed by atoms with E-state index in [1.54, 1.807) is 19.2 Å². The zero-order valence-corrected chi connectivity index (χ0v) is 12.5. The van der Waals surface area contributed by atoms with Crippen molar-refractivity contribution in [1.82, 2.24) is 4.98 Å². The van der Waals surface area contributed by atoms with Crippen LogP contribution in [0.2, 0.25) is 0 Å². The monoisotopic (exact) mass is 282 g/mol. The molecule has 0 radical (unpaired) electrons. The predicted molar refractivity (Wildman–Crippen MR) is 80.9 cm³/mol. The largest absolute Gasteiger partial charge is 0.462 e. The molecule has 0 fully saturated rings. The van der Waals surface area contributed by atoms with E-state index in [2.05, 4.69) is 16.6 Å². The molecule has 1 N–H and O–H groups in total. The molecule has 0 saturated carbocycles. The highest BCUT2D eigenvalue weighted by molar-refractivity contribution is 7.98. The molecule has 0 aliphatic heterocycles. The normalized spacial score (nSPS) is 10.2. The summed E-state index contributed by atoms with van der Waals surface area (Å²) in [5.41, 5.74) is 0.493. The van der Waals surface area contributed by atoms with Crippen LogP contribution in [0.4, 0.5) is 5.82 Å². The van der Waals surface area contributed by atoms with Crippen molar-refractivity contribution in [1.29, 1.82) is 0 Å². The standard InChI is InChI=1S/C14H22N2O2S/c1-3-18-14(17)12-7-8-13(16-11-12)15-9-5-4-6-10-19-2/h7-8,11H,3-6,9-10H2,1-2H3,(H,15,16). The van der Waals surface area contributed by atoms with Crippen molar-refractivity contribution in [2.45, 2.75) is 26.2 Å². The van der Waals surface area contributed by atoms with Crippen molar-refractivity contribution in [2.75, 3.05) is 30.5 Å². The first-order chi connectivity index (χ1) is 9.27. The summed E-state index contributed by atoms with van der Waals surface area (Å²) in [6.45, 7) is 3.09. The molecule has 0 aliphatic rings. The molecular weight excluding hydrogens is 260 g/mol. The fourth-order valence-corrected chi connectivity index (χ4v) is 2.09. The van der Waals surface area contributed by atoms with Gasteiger partial charge >= 0.3 is 5.97 Å². The maximum absolute atomic E-state index is 11.4. The smallest absolute Gasteiger partial charge is 0.339 e. The topological polar surface area (TPSA) is 51.2 Å². The van der Waals surface area contributed by atoms with Gasteiger partial charge in [0.25, 0.3) is 0 Å². The molecule has 1 rings (SSSR count). The SMILES string of the molecule is CCOC(=O)c1ccc(NCCCCCSC)nc1. The van der Waals surface area contributed by atoms with E-state index in [-0.39, 0.29) is 5.97 Å². The lowest BCUT2D eigenvalue weighted by Gasteiger charge is -2.06. The van der Waals surface area contributed by atoms with Crippen LogP contribution >= 0.6 is 11.8 Å². The van der Waals surface area contributed by atoms with Crippen molar-refractivity contribution >= 4 is 23.5 Å². The molecule has 1 heterocycles. The molecular formula is C14H22N2O2S. The number of pyridine rings is 1. The second-order valence-electron chi connectivity index (χ2n) is 4.13. The maximum Gasteiger partial charge on any atom is 0.339 e. The molecule has 0 atom stereocenters. The van der Waals surface area contributed by atoms with Crippen molar-refractivity contribution in [3.05, 3.63) is 23.9 Å². The number of carbonyl (C=O) groups excluding carboxylic acids is 1. The minimum absolute atomic E-state index is 0.321. The number of anilines is 1. The zero-order chi connectivity index (χ0) is 13.9. The van der Waals surface area contributed by atoms with Crippen molar-refractivity contribution in [3.8, 4) is 0 Å². The number of hydrogen-bond donors (Lipinski definition) is 1. The van der Waals surface area contributed by atoms with Crippen LogP contribution in [0.25, 0.3) is 0 Å². The molecule has 4 nitrogen and oxygen atoms in total. The number of esters is 1. The van der Waals surface area contributed by atoms with Crippen LogP contribution in [0.3, 0.4) is 0 Å². The number of rotatable bonds is 9. The summed E-state index contributed by atoms with van der Waals surface area (Å²) in [5.74, 6) is 1.71. The fraction of sp³-hybridized carbons (Fsp3) is 0.571. The molecule has 1 aromatic rings. The van der Waals surface area contributed by atoms with E-state index in [0.717, 1.165) is 18.8 Å². The molecule has 0 amide bonds. The Morgan fingerprint density at radius 3 is 2.84 bits per heavy atom. The Kier molecular flexibility index (Phi) is 8.05. The van der Waals surface area contributed by atoms with Crippen molar-refractivity contribution < 1.29 is 9.53 Å². The van der Waals surface area contributed by atoms with E-state index >= 15 is 0 Å². The van der Waals surface area contributed by atoms with E-state index in [0.29, 0.717) is 12.2 Å². The highest BCUT2D eigenvalue weighted by Gasteiger charge is 2.06. The van der Waals surface area contributed by atoms with Crippen LogP contribution in [-0.4, -0.2) is 36.1 Å². The summed E-state index contributed by atoms with van der Waals surface area (Å²) < 4.78 is 4.90. The number of carbonyl (C=O) groups is 1. The van der Waals surface area contributed by atoms with E-state index in [1.807, 2.05) is 17.8 Å². The summed E-state index contributed by atoms with van der Waals surface area (Å²) in [7, 11) is 0. The zero-order valence-electron chi connectivity index (χ0n) is 11.6. The maximum atomic E-state index is 11.4. The van der Waals surface area contributed by atoms with Crippen molar-refractivity contribution in [2.24, 2.45) is 0 Å². The second kappa shape index (κ2) is 9.67. The lowest BCUT2D eigenvalue weighted by molar-refractivity contribution is 0.0526. The summed E-state index contributed by atoms with van der Waals surface area (Å²) in [6, 6.07) is 3.55. The second-order valence-corrected chi connectivity index (χ2v) is 5.12. The van der Waals surface area contributed by atoms with Gasteiger partial charge in [0.1, 0.15) is 5.82 Å². The van der Waals surface area contributed by atoms with Gasteiger partial charge in [-0.15, -0.1) is 0 Å². The number of hydrogen-bond acceptors (Lipinski definition) is 5. The lowest BCUT2D eigenvalue weighted by atomic mass is 10.2. The molecule has 0 saturated heterocycles. The third kappa shape index (κ3) is 6.47. The molecule has 0 bridgehead atoms. The number of ether oxygens (including phenoxy) is 1. The van der Waals surface area contributed by atoms with E-state index < -0.39 is 0 Å². The minimum Gasteiger partial charge on any atom is -0.462 e. The molecule has 106 valence electrons. The van der Waals surface area contributed by atoms with Gasteiger partial charge in [-0.05, 0) is 43.9 Å². The lowest BCUT2D eigenvalue weighted by Crippen LogP contribution is -2.07. The van der Waals surface area contributed by atoms with Gasteiger partial charge in [0.15, 0.2) is 0 Å². The number of unbranched alkanes of at least 4 members (excludes halogenated alkanes) is 2. The third-order valence-corrected chi connectivity index (χ3v) is 3.30. The molecule has 5 heteroatoms. The summed E-state index contributed by atoms with van der Waals surface area (Å²) >= 11 is 1.89. The van der Waals surface area contributed by atoms with E-state index in [4.69, 9.17) is 4.74 Å². The average Bonchev–Trinajstić information content (AvgIpc) is 2.43. The van der Waals surface area contributed by atoms with Crippen LogP contribution in [-0.2, 0) is 4.74 Å². The van der Waals surface area contributed by atoms with Gasteiger partial charge in [0.2, 0.25) is 0 Å². The predicted octanol–water partition coefficient (Wildman–Crippen LogP) is 3.20. The van der Waals surface area contributed by atoms with E-state index in [9.17, 15) is 4.79 Å². The summed E-state index contributed by atoms with van der Waals surface area (Å²) in [5, 5.41) is 3.25. The third-order valence-electron chi connectivity index (χ3n) is 2.61. The molecule has 0 spiro atoms. The molecule has 0 aromatic carbocycles. The van der Waals surface area contributed by atoms with Gasteiger partial charge in [0, 0.05) is 12.7 Å². The highest BCUT2D eigenvalue weighted by atomic mass is 32.2. The minimum atomic E-state index is -0.321. The van der Waals surface area contributed by atoms with Crippen LogP contribution in [0, 0.1) is 0 Å². The number of nitrogens with one attached hydrogen (secondary N) is 1. The van der Waals surface area contributed by atoms with Crippen molar-refractivity contribution in [3.63, 3.8) is 0 Å². The first-order valence-electron chi connectivity index (χ1n) is 6.64. The Morgan fingerprint density at radius 1 is 1.37 bits per heavy atom. The highest BCUT2D eigenvalue weighted by Crippen LogP contribution is 2.07. The number of aromatic nitrogens is 1. The average molecular weight is 282 g/mol. The van der Waals surface area contributed by atoms with Gasteiger partial charge in [0.05, 0.1) is 12.2 Å². The van der Waals surface area contributed by atoms with Crippen LogP contribution in [0.1, 0.15) is 36.5 Å². The quantitative estimate of drug-likeness (QED) is 0.557. The number of thioether (sulfide) groups is 1. The van der Waals surface area contributed by atoms with Gasteiger partial charge < -0.3 is 10.1 Å². The Bertz CT molecular complexity index is 368. The first-order valence-corrected chi connectivity index (χ1v) is 8.03. The van der Waals surface area contributed by atoms with Crippen LogP contribution in [0.5, 0.6) is 0 Å². The molecule has 0 aliphatic carbocycles. The van der Waals surface area contributed by atoms with Crippen LogP contribution < -0.4 is 5.32 Å². The Balaban J connectivity index is 2.26. The molecule has 0 unspecified atom stereocenters. The van der Waals surface area contributed by atoms with Crippen LogP contribution in [0.15, 0.2) is 18.3 Å². The first kappa shape index (κ1) is 15.8. The fourth-order valence-electron chi connectivity index (χ4n) is 1.60. The van der Waals surface area contributed by atoms with Gasteiger partial charge in [-0.2, -0.15) is 11.8 Å². The molecule has 1 aromatic heterocycles. The number of nitrogens with zero attached hydrogens (tertiary/aromatic N) is 1. The van der Waals surface area contributed by atoms with E-state index in [1.165, 1.54) is 18.6 Å². The Hall–Kier alpha value is -1.23. The molecule has 19 heavy (non-hydrogen) atoms.